The molecule has 0 fully saturated rings. The van der Waals surface area contributed by atoms with Crippen LogP contribution < -0.4 is 20.6 Å². The number of nitrogens with two attached hydrogens (primary N) is 1. The first kappa shape index (κ1) is 19.0. The fourth-order valence-electron chi connectivity index (χ4n) is 2.15. The Morgan fingerprint density at radius 2 is 1.88 bits per heavy atom. The molecule has 0 saturated carbocycles. The van der Waals surface area contributed by atoms with Gasteiger partial charge in [-0.25, -0.2) is 5.43 Å². The number of carbonyl (C=O) groups is 2. The van der Waals surface area contributed by atoms with Crippen LogP contribution in [0.5, 0.6) is 11.5 Å². The highest BCUT2D eigenvalue weighted by Gasteiger charge is 2.07. The van der Waals surface area contributed by atoms with Crippen LogP contribution in [0.15, 0.2) is 47.6 Å². The first-order valence-corrected chi connectivity index (χ1v) is 8.05. The number of carbonyl (C=O) groups excluding carboxylic acids is 2. The van der Waals surface area contributed by atoms with Gasteiger partial charge in [0.15, 0.2) is 18.1 Å². The van der Waals surface area contributed by atoms with Crippen molar-refractivity contribution in [3.05, 3.63) is 59.2 Å². The van der Waals surface area contributed by atoms with Gasteiger partial charge < -0.3 is 15.2 Å². The number of ether oxygens (including phenoxy) is 2. The summed E-state index contributed by atoms with van der Waals surface area (Å²) in [4.78, 5) is 22.8. The molecule has 2 rings (SSSR count). The van der Waals surface area contributed by atoms with Crippen molar-refractivity contribution < 1.29 is 19.1 Å². The lowest BCUT2D eigenvalue weighted by molar-refractivity contribution is -0.119. The number of rotatable bonds is 8. The highest BCUT2D eigenvalue weighted by Crippen LogP contribution is 2.27. The van der Waals surface area contributed by atoms with Gasteiger partial charge in [-0.15, -0.1) is 0 Å². The molecule has 0 aliphatic carbocycles. The molecule has 26 heavy (non-hydrogen) atoms. The number of methoxy groups -OCH3 is 1. The summed E-state index contributed by atoms with van der Waals surface area (Å²) in [5, 5.41) is 3.94. The van der Waals surface area contributed by atoms with E-state index in [4.69, 9.17) is 15.2 Å². The van der Waals surface area contributed by atoms with Crippen molar-refractivity contribution >= 4 is 18.0 Å². The summed E-state index contributed by atoms with van der Waals surface area (Å²) in [6, 6.07) is 12.4. The van der Waals surface area contributed by atoms with E-state index in [1.807, 2.05) is 12.1 Å². The molecule has 0 saturated heterocycles. The first-order valence-electron chi connectivity index (χ1n) is 8.05. The Kier molecular flexibility index (Phi) is 6.73. The van der Waals surface area contributed by atoms with Gasteiger partial charge in [-0.2, -0.15) is 5.10 Å². The van der Waals surface area contributed by atoms with E-state index in [2.05, 4.69) is 17.5 Å². The maximum Gasteiger partial charge on any atom is 0.271 e. The number of hydrazone groups is 1. The van der Waals surface area contributed by atoms with Gasteiger partial charge in [0.25, 0.3) is 11.8 Å². The van der Waals surface area contributed by atoms with Crippen molar-refractivity contribution in [1.82, 2.24) is 5.43 Å². The van der Waals surface area contributed by atoms with Crippen LogP contribution in [-0.4, -0.2) is 31.7 Å². The molecule has 2 aromatic rings. The van der Waals surface area contributed by atoms with E-state index in [0.29, 0.717) is 22.6 Å². The normalized spacial score (nSPS) is 10.5. The third-order valence-corrected chi connectivity index (χ3v) is 3.56. The van der Waals surface area contributed by atoms with Crippen LogP contribution >= 0.6 is 0 Å². The Bertz CT molecular complexity index is 801. The zero-order valence-electron chi connectivity index (χ0n) is 14.7. The Labute approximate surface area is 151 Å². The average Bonchev–Trinajstić information content (AvgIpc) is 2.66. The second-order valence-electron chi connectivity index (χ2n) is 5.41. The number of hydrogen-bond donors (Lipinski definition) is 2. The molecular formula is C19H21N3O4. The number of nitrogens with one attached hydrogen (secondary N) is 1. The van der Waals surface area contributed by atoms with E-state index in [-0.39, 0.29) is 12.5 Å². The van der Waals surface area contributed by atoms with Crippen LogP contribution in [0.4, 0.5) is 0 Å². The molecule has 0 aromatic heterocycles. The Hall–Kier alpha value is -3.35. The summed E-state index contributed by atoms with van der Waals surface area (Å²) in [6.45, 7) is 1.81. The third kappa shape index (κ3) is 5.34. The minimum Gasteiger partial charge on any atom is -0.493 e. The van der Waals surface area contributed by atoms with E-state index in [1.54, 1.807) is 30.3 Å². The van der Waals surface area contributed by atoms with Crippen LogP contribution in [-0.2, 0) is 11.2 Å². The van der Waals surface area contributed by atoms with Crippen molar-refractivity contribution in [1.29, 1.82) is 0 Å². The lowest BCUT2D eigenvalue weighted by Gasteiger charge is -2.09. The molecule has 0 bridgehead atoms. The molecule has 0 unspecified atom stereocenters. The fourth-order valence-corrected chi connectivity index (χ4v) is 2.15. The summed E-state index contributed by atoms with van der Waals surface area (Å²) >= 11 is 0. The van der Waals surface area contributed by atoms with Crippen LogP contribution in [0.3, 0.4) is 0 Å². The number of primary amides is 1. The predicted octanol–water partition coefficient (Wildman–Crippen LogP) is 1.89. The minimum atomic E-state index is -0.577. The third-order valence-electron chi connectivity index (χ3n) is 3.56. The van der Waals surface area contributed by atoms with E-state index in [0.717, 1.165) is 12.0 Å². The van der Waals surface area contributed by atoms with Crippen LogP contribution in [0.1, 0.15) is 28.4 Å². The maximum atomic E-state index is 12.0. The number of nitrogens with zero attached hydrogens (tertiary/aromatic N) is 1. The lowest BCUT2D eigenvalue weighted by atomic mass is 10.1. The number of benzene rings is 2. The van der Waals surface area contributed by atoms with E-state index >= 15 is 0 Å². The van der Waals surface area contributed by atoms with Crippen molar-refractivity contribution in [3.8, 4) is 11.5 Å². The largest absolute Gasteiger partial charge is 0.493 e. The Balaban J connectivity index is 2.00. The molecule has 7 nitrogen and oxygen atoms in total. The van der Waals surface area contributed by atoms with Crippen molar-refractivity contribution in [2.24, 2.45) is 10.8 Å². The number of hydrogen-bond acceptors (Lipinski definition) is 5. The summed E-state index contributed by atoms with van der Waals surface area (Å²) in [7, 11) is 1.48. The molecule has 0 spiro atoms. The van der Waals surface area contributed by atoms with Gasteiger partial charge in [-0.1, -0.05) is 19.1 Å². The molecule has 2 aromatic carbocycles. The van der Waals surface area contributed by atoms with E-state index in [1.165, 1.54) is 13.3 Å². The SMILES string of the molecule is CCc1ccc(C(=O)N/N=C\c2ccc(OCC(N)=O)c(OC)c2)cc1. The van der Waals surface area contributed by atoms with Gasteiger partial charge in [0, 0.05) is 5.56 Å². The predicted molar refractivity (Wildman–Crippen MR) is 98.6 cm³/mol. The molecule has 0 atom stereocenters. The highest BCUT2D eigenvalue weighted by molar-refractivity contribution is 5.95. The second-order valence-corrected chi connectivity index (χ2v) is 5.41. The molecule has 3 N–H and O–H groups in total. The van der Waals surface area contributed by atoms with Gasteiger partial charge in [-0.3, -0.25) is 9.59 Å². The zero-order valence-corrected chi connectivity index (χ0v) is 14.7. The summed E-state index contributed by atoms with van der Waals surface area (Å²) < 4.78 is 10.5. The van der Waals surface area contributed by atoms with Gasteiger partial charge >= 0.3 is 0 Å². The van der Waals surface area contributed by atoms with Crippen LogP contribution in [0, 0.1) is 0 Å². The molecular weight excluding hydrogens is 334 g/mol. The summed E-state index contributed by atoms with van der Waals surface area (Å²) in [6.07, 6.45) is 2.40. The first-order chi connectivity index (χ1) is 12.5. The molecule has 0 radical (unpaired) electrons. The highest BCUT2D eigenvalue weighted by atomic mass is 16.5. The van der Waals surface area contributed by atoms with E-state index in [9.17, 15) is 9.59 Å². The maximum absolute atomic E-state index is 12.0. The molecule has 0 aliphatic rings. The topological polar surface area (TPSA) is 103 Å². The minimum absolute atomic E-state index is 0.239. The van der Waals surface area contributed by atoms with Crippen LogP contribution in [0.2, 0.25) is 0 Å². The quantitative estimate of drug-likeness (QED) is 0.557. The number of amides is 2. The van der Waals surface area contributed by atoms with Gasteiger partial charge in [0.1, 0.15) is 0 Å². The molecule has 7 heteroatoms. The van der Waals surface area contributed by atoms with Gasteiger partial charge in [0.2, 0.25) is 0 Å². The summed E-state index contributed by atoms with van der Waals surface area (Å²) in [5.74, 6) is -0.0511. The Morgan fingerprint density at radius 3 is 2.50 bits per heavy atom. The number of aryl methyl sites for hydroxylation is 1. The van der Waals surface area contributed by atoms with Gasteiger partial charge in [-0.05, 0) is 47.9 Å². The van der Waals surface area contributed by atoms with Crippen molar-refractivity contribution in [2.75, 3.05) is 13.7 Å². The fraction of sp³-hybridized carbons (Fsp3) is 0.211. The summed E-state index contributed by atoms with van der Waals surface area (Å²) in [5.41, 5.74) is 9.91. The molecule has 2 amide bonds. The van der Waals surface area contributed by atoms with E-state index < -0.39 is 5.91 Å². The standard InChI is InChI=1S/C19H21N3O4/c1-3-13-4-7-15(8-5-13)19(24)22-21-11-14-6-9-16(17(10-14)25-2)26-12-18(20)23/h4-11H,3,12H2,1-2H3,(H2,20,23)(H,22,24)/b21-11-. The van der Waals surface area contributed by atoms with Crippen LogP contribution in [0.25, 0.3) is 0 Å². The average molecular weight is 355 g/mol. The second kappa shape index (κ2) is 9.22. The lowest BCUT2D eigenvalue weighted by Crippen LogP contribution is -2.20. The van der Waals surface area contributed by atoms with Crippen molar-refractivity contribution in [2.45, 2.75) is 13.3 Å². The molecule has 0 aliphatic heterocycles. The molecule has 0 heterocycles. The molecule has 136 valence electrons. The zero-order chi connectivity index (χ0) is 18.9. The Morgan fingerprint density at radius 1 is 1.15 bits per heavy atom. The van der Waals surface area contributed by atoms with Gasteiger partial charge in [0.05, 0.1) is 13.3 Å². The monoisotopic (exact) mass is 355 g/mol. The smallest absolute Gasteiger partial charge is 0.271 e. The van der Waals surface area contributed by atoms with Crippen molar-refractivity contribution in [3.63, 3.8) is 0 Å².